The first kappa shape index (κ1) is 23.7. The van der Waals surface area contributed by atoms with Crippen LogP contribution < -0.4 is 4.90 Å². The van der Waals surface area contributed by atoms with Crippen LogP contribution in [0.1, 0.15) is 73.0 Å². The third-order valence-corrected chi connectivity index (χ3v) is 10.9. The molecule has 0 saturated heterocycles. The summed E-state index contributed by atoms with van der Waals surface area (Å²) in [6.07, 6.45) is 1.12. The van der Waals surface area contributed by atoms with Gasteiger partial charge in [-0.3, -0.25) is 0 Å². The third-order valence-electron chi connectivity index (χ3n) is 9.85. The molecule has 208 valence electrons. The Morgan fingerprint density at radius 1 is 0.619 bits per heavy atom. The lowest BCUT2D eigenvalue weighted by molar-refractivity contribution is 0.403. The summed E-state index contributed by atoms with van der Waals surface area (Å²) >= 11 is 1.67. The number of nitrogens with zero attached hydrogens (tertiary/aromatic N) is 1. The molecule has 0 radical (unpaired) electrons. The van der Waals surface area contributed by atoms with Gasteiger partial charge in [0, 0.05) is 37.0 Å². The molecule has 0 amide bonds. The molecule has 0 aliphatic heterocycles. The Kier molecular flexibility index (Phi) is 4.83. The fourth-order valence-corrected chi connectivity index (χ4v) is 9.27. The zero-order chi connectivity index (χ0) is 30.8. The van der Waals surface area contributed by atoms with Gasteiger partial charge in [0.15, 0.2) is 0 Å². The van der Waals surface area contributed by atoms with Gasteiger partial charge in [-0.25, -0.2) is 0 Å². The molecule has 2 aliphatic carbocycles. The van der Waals surface area contributed by atoms with Gasteiger partial charge in [-0.15, -0.1) is 11.3 Å². The fourth-order valence-electron chi connectivity index (χ4n) is 8.22. The first-order chi connectivity index (χ1) is 20.9. The highest BCUT2D eigenvalue weighted by Crippen LogP contribution is 2.55. The predicted molar refractivity (Wildman–Crippen MR) is 182 cm³/mol. The minimum absolute atomic E-state index is 0.0878. The van der Waals surface area contributed by atoms with Crippen molar-refractivity contribution in [3.63, 3.8) is 0 Å². The maximum absolute atomic E-state index is 9.44. The topological polar surface area (TPSA) is 3.24 Å². The number of thiophene rings is 1. The molecule has 2 heteroatoms. The predicted octanol–water partition coefficient (Wildman–Crippen LogP) is 11.8. The standard InChI is InChI=1S/C40H37NS/c1-38(2)24-39(3,4)33-23-36-30(22-32(33)38)29-21-26(19-20-35(29)42-36)41(25-13-8-7-9-14-25)34-18-12-16-28-27-15-10-11-17-31(27)40(5,6)37(28)34/h7-23H,24H2,1-6H3/i19D,20D. The third kappa shape index (κ3) is 3.54. The van der Waals surface area contributed by atoms with Crippen LogP contribution in [0.3, 0.4) is 0 Å². The Morgan fingerprint density at radius 2 is 1.29 bits per heavy atom. The highest BCUT2D eigenvalue weighted by Gasteiger charge is 2.42. The lowest BCUT2D eigenvalue weighted by Gasteiger charge is -2.32. The van der Waals surface area contributed by atoms with Crippen molar-refractivity contribution in [3.05, 3.63) is 125 Å². The molecule has 0 fully saturated rings. The van der Waals surface area contributed by atoms with E-state index in [0.717, 1.165) is 33.6 Å². The van der Waals surface area contributed by atoms with Gasteiger partial charge in [0.05, 0.1) is 8.43 Å². The highest BCUT2D eigenvalue weighted by molar-refractivity contribution is 7.25. The summed E-state index contributed by atoms with van der Waals surface area (Å²) in [5.74, 6) is 0. The van der Waals surface area contributed by atoms with Crippen molar-refractivity contribution >= 4 is 48.6 Å². The van der Waals surface area contributed by atoms with E-state index in [9.17, 15) is 2.74 Å². The van der Waals surface area contributed by atoms with Crippen molar-refractivity contribution in [2.75, 3.05) is 4.90 Å². The molecule has 42 heavy (non-hydrogen) atoms. The maximum atomic E-state index is 9.44. The Labute approximate surface area is 256 Å². The molecule has 1 nitrogen and oxygen atoms in total. The molecular weight excluding hydrogens is 527 g/mol. The Hall–Kier alpha value is -3.88. The highest BCUT2D eigenvalue weighted by atomic mass is 32.1. The van der Waals surface area contributed by atoms with Gasteiger partial charge in [-0.2, -0.15) is 0 Å². The van der Waals surface area contributed by atoms with E-state index in [1.807, 2.05) is 6.07 Å². The van der Waals surface area contributed by atoms with Crippen molar-refractivity contribution in [2.45, 2.75) is 64.2 Å². The van der Waals surface area contributed by atoms with Gasteiger partial charge in [0.1, 0.15) is 0 Å². The molecule has 6 aromatic rings. The molecule has 0 N–H and O–H groups in total. The van der Waals surface area contributed by atoms with E-state index in [2.05, 4.69) is 131 Å². The number of para-hydroxylation sites is 1. The van der Waals surface area contributed by atoms with E-state index >= 15 is 0 Å². The van der Waals surface area contributed by atoms with Gasteiger partial charge in [-0.1, -0.05) is 96.1 Å². The van der Waals surface area contributed by atoms with E-state index in [1.54, 1.807) is 11.3 Å². The number of hydrogen-bond donors (Lipinski definition) is 0. The zero-order valence-corrected chi connectivity index (χ0v) is 26.0. The van der Waals surface area contributed by atoms with Gasteiger partial charge in [0.25, 0.3) is 0 Å². The van der Waals surface area contributed by atoms with Crippen LogP contribution in [0.15, 0.2) is 103 Å². The van der Waals surface area contributed by atoms with E-state index in [4.69, 9.17) is 0 Å². The van der Waals surface area contributed by atoms with Crippen LogP contribution in [0.2, 0.25) is 0 Å². The smallest absolute Gasteiger partial charge is 0.0645 e. The number of benzene rings is 5. The number of hydrogen-bond acceptors (Lipinski definition) is 2. The largest absolute Gasteiger partial charge is 0.310 e. The van der Waals surface area contributed by atoms with E-state index in [1.165, 1.54) is 43.5 Å². The minimum atomic E-state index is -0.223. The maximum Gasteiger partial charge on any atom is 0.0645 e. The summed E-state index contributed by atoms with van der Waals surface area (Å²) in [5.41, 5.74) is 10.7. The quantitative estimate of drug-likeness (QED) is 0.206. The first-order valence-corrected chi connectivity index (χ1v) is 15.8. The van der Waals surface area contributed by atoms with Gasteiger partial charge >= 0.3 is 0 Å². The van der Waals surface area contributed by atoms with Crippen LogP contribution in [-0.2, 0) is 16.2 Å². The van der Waals surface area contributed by atoms with Crippen molar-refractivity contribution in [2.24, 2.45) is 0 Å². The number of fused-ring (bicyclic) bond motifs is 7. The normalized spacial score (nSPS) is 18.0. The molecule has 1 heterocycles. The van der Waals surface area contributed by atoms with Crippen LogP contribution in [0, 0.1) is 0 Å². The van der Waals surface area contributed by atoms with Gasteiger partial charge < -0.3 is 4.90 Å². The molecule has 0 unspecified atom stereocenters. The monoisotopic (exact) mass is 565 g/mol. The summed E-state index contributed by atoms with van der Waals surface area (Å²) in [5, 5.41) is 2.27. The molecule has 0 bridgehead atoms. The second kappa shape index (κ2) is 8.58. The van der Waals surface area contributed by atoms with E-state index < -0.39 is 0 Å². The average molecular weight is 566 g/mol. The minimum Gasteiger partial charge on any atom is -0.310 e. The van der Waals surface area contributed by atoms with E-state index in [-0.39, 0.29) is 22.3 Å². The molecule has 0 spiro atoms. The Morgan fingerprint density at radius 3 is 2.07 bits per heavy atom. The molecule has 0 saturated carbocycles. The van der Waals surface area contributed by atoms with Crippen molar-refractivity contribution in [1.82, 2.24) is 0 Å². The summed E-state index contributed by atoms with van der Waals surface area (Å²) in [6.45, 7) is 14.0. The van der Waals surface area contributed by atoms with Crippen LogP contribution in [-0.4, -0.2) is 0 Å². The second-order valence-electron chi connectivity index (χ2n) is 14.0. The SMILES string of the molecule is [2H]c1c(N(c2ccccc2)c2cccc3c2C(C)(C)c2ccccc2-3)cc2c(sc3cc4c(cc32)C(C)(C)CC4(C)C)c1[2H]. The molecule has 5 aromatic carbocycles. The van der Waals surface area contributed by atoms with Crippen LogP contribution in [0.5, 0.6) is 0 Å². The molecule has 0 atom stereocenters. The number of rotatable bonds is 3. The number of anilines is 3. The van der Waals surface area contributed by atoms with Gasteiger partial charge in [0.2, 0.25) is 0 Å². The summed E-state index contributed by atoms with van der Waals surface area (Å²) < 4.78 is 20.9. The Balaban J connectivity index is 1.43. The van der Waals surface area contributed by atoms with E-state index in [0.29, 0.717) is 6.04 Å². The summed E-state index contributed by atoms with van der Waals surface area (Å²) in [4.78, 5) is 2.23. The van der Waals surface area contributed by atoms with Crippen molar-refractivity contribution < 1.29 is 2.74 Å². The molecule has 2 aliphatic rings. The fraction of sp³-hybridized carbons (Fsp3) is 0.250. The van der Waals surface area contributed by atoms with Crippen molar-refractivity contribution in [1.29, 1.82) is 0 Å². The Bertz CT molecular complexity index is 2150. The molecule has 8 rings (SSSR count). The first-order valence-electron chi connectivity index (χ1n) is 16.0. The summed E-state index contributed by atoms with van der Waals surface area (Å²) in [6, 6.07) is 33.2. The average Bonchev–Trinajstić information content (AvgIpc) is 3.54. The zero-order valence-electron chi connectivity index (χ0n) is 27.2. The van der Waals surface area contributed by atoms with Crippen LogP contribution >= 0.6 is 11.3 Å². The summed E-state index contributed by atoms with van der Waals surface area (Å²) in [7, 11) is 0. The van der Waals surface area contributed by atoms with Crippen LogP contribution in [0.25, 0.3) is 31.3 Å². The molecular formula is C40H37NS. The second-order valence-corrected chi connectivity index (χ2v) is 15.1. The lowest BCUT2D eigenvalue weighted by atomic mass is 9.81. The molecule has 1 aromatic heterocycles. The van der Waals surface area contributed by atoms with Crippen LogP contribution in [0.4, 0.5) is 17.1 Å². The van der Waals surface area contributed by atoms with Gasteiger partial charge in [-0.05, 0) is 99.1 Å². The van der Waals surface area contributed by atoms with Crippen molar-refractivity contribution in [3.8, 4) is 11.1 Å². The lowest BCUT2D eigenvalue weighted by Crippen LogP contribution is -2.20.